The molecule has 0 radical (unpaired) electrons. The molecule has 0 saturated heterocycles. The van der Waals surface area contributed by atoms with Gasteiger partial charge in [0.05, 0.1) is 16.6 Å². The SMILES string of the molecule is Cc1c(C(=O)NCCc2ccccn2)sc2ncn(C)c(=O)c12. The van der Waals surface area contributed by atoms with Crippen molar-refractivity contribution in [2.45, 2.75) is 13.3 Å². The summed E-state index contributed by atoms with van der Waals surface area (Å²) in [4.78, 5) is 34.1. The molecule has 1 amide bonds. The molecule has 0 fully saturated rings. The quantitative estimate of drug-likeness (QED) is 0.790. The highest BCUT2D eigenvalue weighted by Crippen LogP contribution is 2.26. The average molecular weight is 328 g/mol. The maximum Gasteiger partial charge on any atom is 0.262 e. The van der Waals surface area contributed by atoms with Gasteiger partial charge >= 0.3 is 0 Å². The van der Waals surface area contributed by atoms with Gasteiger partial charge in [-0.15, -0.1) is 11.3 Å². The molecule has 0 aliphatic rings. The summed E-state index contributed by atoms with van der Waals surface area (Å²) < 4.78 is 1.42. The van der Waals surface area contributed by atoms with Gasteiger partial charge in [0.1, 0.15) is 4.83 Å². The van der Waals surface area contributed by atoms with Gasteiger partial charge in [-0.1, -0.05) is 6.07 Å². The smallest absolute Gasteiger partial charge is 0.262 e. The highest BCUT2D eigenvalue weighted by Gasteiger charge is 2.18. The second-order valence-electron chi connectivity index (χ2n) is 5.22. The van der Waals surface area contributed by atoms with E-state index in [1.54, 1.807) is 20.2 Å². The zero-order valence-corrected chi connectivity index (χ0v) is 13.7. The molecule has 3 aromatic heterocycles. The summed E-state index contributed by atoms with van der Waals surface area (Å²) in [5, 5.41) is 3.40. The largest absolute Gasteiger partial charge is 0.351 e. The van der Waals surface area contributed by atoms with Crippen LogP contribution in [0.3, 0.4) is 0 Å². The van der Waals surface area contributed by atoms with Gasteiger partial charge in [0.2, 0.25) is 0 Å². The van der Waals surface area contributed by atoms with E-state index >= 15 is 0 Å². The molecular weight excluding hydrogens is 312 g/mol. The van der Waals surface area contributed by atoms with Gasteiger partial charge in [0.15, 0.2) is 0 Å². The predicted molar refractivity (Wildman–Crippen MR) is 89.9 cm³/mol. The number of carbonyl (C=O) groups is 1. The topological polar surface area (TPSA) is 76.9 Å². The first kappa shape index (κ1) is 15.4. The van der Waals surface area contributed by atoms with E-state index in [0.29, 0.717) is 33.6 Å². The first-order valence-corrected chi connectivity index (χ1v) is 8.02. The zero-order valence-electron chi connectivity index (χ0n) is 12.9. The van der Waals surface area contributed by atoms with Gasteiger partial charge in [-0.05, 0) is 24.6 Å². The number of nitrogens with zero attached hydrogens (tertiary/aromatic N) is 3. The van der Waals surface area contributed by atoms with Crippen molar-refractivity contribution in [2.24, 2.45) is 7.05 Å². The summed E-state index contributed by atoms with van der Waals surface area (Å²) in [6.07, 6.45) is 3.87. The molecule has 0 unspecified atom stereocenters. The van der Waals surface area contributed by atoms with Gasteiger partial charge < -0.3 is 9.88 Å². The first-order valence-electron chi connectivity index (χ1n) is 7.20. The molecule has 1 N–H and O–H groups in total. The third-order valence-electron chi connectivity index (χ3n) is 3.61. The number of carbonyl (C=O) groups excluding carboxylic acids is 1. The molecule has 6 nitrogen and oxygen atoms in total. The molecule has 3 heterocycles. The fourth-order valence-electron chi connectivity index (χ4n) is 2.36. The highest BCUT2D eigenvalue weighted by molar-refractivity contribution is 7.20. The summed E-state index contributed by atoms with van der Waals surface area (Å²) in [6.45, 7) is 2.28. The summed E-state index contributed by atoms with van der Waals surface area (Å²) in [6, 6.07) is 5.70. The van der Waals surface area contributed by atoms with Crippen LogP contribution in [0.25, 0.3) is 10.2 Å². The third-order valence-corrected chi connectivity index (χ3v) is 4.81. The number of hydrogen-bond acceptors (Lipinski definition) is 5. The minimum Gasteiger partial charge on any atom is -0.351 e. The van der Waals surface area contributed by atoms with Crippen LogP contribution < -0.4 is 10.9 Å². The summed E-state index contributed by atoms with van der Waals surface area (Å²) in [7, 11) is 1.65. The fourth-order valence-corrected chi connectivity index (χ4v) is 3.41. The van der Waals surface area contributed by atoms with E-state index in [9.17, 15) is 9.59 Å². The van der Waals surface area contributed by atoms with Crippen LogP contribution in [0.4, 0.5) is 0 Å². The van der Waals surface area contributed by atoms with Crippen LogP contribution in [-0.2, 0) is 13.5 Å². The highest BCUT2D eigenvalue weighted by atomic mass is 32.1. The number of thiophene rings is 1. The Hall–Kier alpha value is -2.54. The number of pyridine rings is 1. The van der Waals surface area contributed by atoms with E-state index in [1.807, 2.05) is 18.2 Å². The molecule has 0 spiro atoms. The van der Waals surface area contributed by atoms with E-state index in [4.69, 9.17) is 0 Å². The van der Waals surface area contributed by atoms with Crippen molar-refractivity contribution in [1.82, 2.24) is 19.9 Å². The average Bonchev–Trinajstić information content (AvgIpc) is 2.89. The van der Waals surface area contributed by atoms with Crippen molar-refractivity contribution in [3.8, 4) is 0 Å². The maximum absolute atomic E-state index is 12.4. The second kappa shape index (κ2) is 6.29. The summed E-state index contributed by atoms with van der Waals surface area (Å²) in [5.41, 5.74) is 1.49. The van der Waals surface area contributed by atoms with Gasteiger partial charge in [0, 0.05) is 31.9 Å². The Morgan fingerprint density at radius 1 is 1.35 bits per heavy atom. The van der Waals surface area contributed by atoms with Gasteiger partial charge in [0.25, 0.3) is 11.5 Å². The standard InChI is InChI=1S/C16H16N4O2S/c1-10-12-15(19-9-20(2)16(12)22)23-13(10)14(21)18-8-6-11-5-3-4-7-17-11/h3-5,7,9H,6,8H2,1-2H3,(H,18,21). The fraction of sp³-hybridized carbons (Fsp3) is 0.250. The zero-order chi connectivity index (χ0) is 16.4. The van der Waals surface area contributed by atoms with Crippen molar-refractivity contribution in [1.29, 1.82) is 0 Å². The van der Waals surface area contributed by atoms with E-state index < -0.39 is 0 Å². The minimum absolute atomic E-state index is 0.128. The lowest BCUT2D eigenvalue weighted by molar-refractivity contribution is 0.0957. The molecule has 0 bridgehead atoms. The monoisotopic (exact) mass is 328 g/mol. The molecule has 118 valence electrons. The lowest BCUT2D eigenvalue weighted by atomic mass is 10.2. The Labute approximate surface area is 136 Å². The Balaban J connectivity index is 1.78. The molecule has 0 aliphatic carbocycles. The normalized spacial score (nSPS) is 10.9. The number of fused-ring (bicyclic) bond motifs is 1. The van der Waals surface area contributed by atoms with E-state index in [1.165, 1.54) is 22.2 Å². The Morgan fingerprint density at radius 3 is 2.91 bits per heavy atom. The van der Waals surface area contributed by atoms with Crippen molar-refractivity contribution in [3.63, 3.8) is 0 Å². The van der Waals surface area contributed by atoms with Crippen LogP contribution >= 0.6 is 11.3 Å². The van der Waals surface area contributed by atoms with E-state index in [0.717, 1.165) is 5.69 Å². The van der Waals surface area contributed by atoms with Gasteiger partial charge in [-0.25, -0.2) is 4.98 Å². The number of amides is 1. The number of aromatic nitrogens is 3. The molecule has 0 atom stereocenters. The van der Waals surface area contributed by atoms with Crippen LogP contribution in [0.15, 0.2) is 35.5 Å². The van der Waals surface area contributed by atoms with Crippen LogP contribution in [-0.4, -0.2) is 27.0 Å². The van der Waals surface area contributed by atoms with E-state index in [2.05, 4.69) is 15.3 Å². The Kier molecular flexibility index (Phi) is 4.20. The van der Waals surface area contributed by atoms with Crippen molar-refractivity contribution in [2.75, 3.05) is 6.54 Å². The number of aryl methyl sites for hydroxylation is 2. The summed E-state index contributed by atoms with van der Waals surface area (Å²) in [5.74, 6) is -0.177. The molecule has 0 aliphatic heterocycles. The van der Waals surface area contributed by atoms with Crippen molar-refractivity contribution in [3.05, 3.63) is 57.2 Å². The lowest BCUT2D eigenvalue weighted by Gasteiger charge is -2.04. The molecule has 23 heavy (non-hydrogen) atoms. The number of rotatable bonds is 4. The molecular formula is C16H16N4O2S. The molecule has 3 rings (SSSR count). The van der Waals surface area contributed by atoms with Crippen molar-refractivity contribution < 1.29 is 4.79 Å². The van der Waals surface area contributed by atoms with Gasteiger partial charge in [-0.3, -0.25) is 14.6 Å². The van der Waals surface area contributed by atoms with Gasteiger partial charge in [-0.2, -0.15) is 0 Å². The molecule has 7 heteroatoms. The first-order chi connectivity index (χ1) is 11.1. The van der Waals surface area contributed by atoms with Crippen LogP contribution in [0, 0.1) is 6.92 Å². The van der Waals surface area contributed by atoms with Crippen molar-refractivity contribution >= 4 is 27.5 Å². The van der Waals surface area contributed by atoms with Crippen LogP contribution in [0.1, 0.15) is 20.9 Å². The molecule has 0 aromatic carbocycles. The number of hydrogen-bond donors (Lipinski definition) is 1. The lowest BCUT2D eigenvalue weighted by Crippen LogP contribution is -2.25. The molecule has 3 aromatic rings. The third kappa shape index (κ3) is 3.00. The Morgan fingerprint density at radius 2 is 2.17 bits per heavy atom. The Bertz CT molecular complexity index is 915. The number of nitrogens with one attached hydrogen (secondary N) is 1. The second-order valence-corrected chi connectivity index (χ2v) is 6.22. The summed E-state index contributed by atoms with van der Waals surface area (Å²) >= 11 is 1.25. The predicted octanol–water partition coefficient (Wildman–Crippen LogP) is 1.67. The minimum atomic E-state index is -0.177. The van der Waals surface area contributed by atoms with Crippen LogP contribution in [0.2, 0.25) is 0 Å². The maximum atomic E-state index is 12.4. The van der Waals surface area contributed by atoms with Crippen LogP contribution in [0.5, 0.6) is 0 Å². The van der Waals surface area contributed by atoms with E-state index in [-0.39, 0.29) is 11.5 Å². The molecule has 0 saturated carbocycles.